The highest BCUT2D eigenvalue weighted by Crippen LogP contribution is 2.37. The van der Waals surface area contributed by atoms with Crippen molar-refractivity contribution in [3.63, 3.8) is 0 Å². The number of rotatable bonds is 7. The van der Waals surface area contributed by atoms with E-state index in [1.54, 1.807) is 6.20 Å². The van der Waals surface area contributed by atoms with Crippen molar-refractivity contribution in [2.45, 2.75) is 51.9 Å². The second-order valence-corrected chi connectivity index (χ2v) is 7.57. The predicted molar refractivity (Wildman–Crippen MR) is 106 cm³/mol. The third-order valence-corrected chi connectivity index (χ3v) is 5.41. The topological polar surface area (TPSA) is 87.6 Å². The van der Waals surface area contributed by atoms with Gasteiger partial charge in [-0.2, -0.15) is 4.98 Å². The first-order valence-corrected chi connectivity index (χ1v) is 9.89. The summed E-state index contributed by atoms with van der Waals surface area (Å²) in [6.07, 6.45) is 4.27. The smallest absolute Gasteiger partial charge is 0.415 e. The maximum absolute atomic E-state index is 11.9. The van der Waals surface area contributed by atoms with Crippen molar-refractivity contribution < 1.29 is 14.6 Å². The van der Waals surface area contributed by atoms with Crippen molar-refractivity contribution in [3.05, 3.63) is 47.2 Å². The molecule has 2 aliphatic rings. The summed E-state index contributed by atoms with van der Waals surface area (Å²) in [7, 11) is 0. The van der Waals surface area contributed by atoms with E-state index in [0.29, 0.717) is 24.2 Å². The minimum absolute atomic E-state index is 0.0155. The number of fused-ring (bicyclic) bond motifs is 1. The molecule has 2 atom stereocenters. The number of amides is 1. The van der Waals surface area contributed by atoms with Gasteiger partial charge in [0.2, 0.25) is 5.95 Å². The number of carbonyl (C=O) groups is 1. The molecule has 2 heterocycles. The first kappa shape index (κ1) is 18.7. The second kappa shape index (κ2) is 7.75. The van der Waals surface area contributed by atoms with Gasteiger partial charge in [0, 0.05) is 12.7 Å². The van der Waals surface area contributed by atoms with Crippen molar-refractivity contribution in [2.75, 3.05) is 16.8 Å². The van der Waals surface area contributed by atoms with Crippen LogP contribution in [0.1, 0.15) is 61.9 Å². The second-order valence-electron chi connectivity index (χ2n) is 7.57. The van der Waals surface area contributed by atoms with Gasteiger partial charge in [0.25, 0.3) is 0 Å². The van der Waals surface area contributed by atoms with Crippen molar-refractivity contribution in [1.82, 2.24) is 9.97 Å². The van der Waals surface area contributed by atoms with Crippen LogP contribution in [0.2, 0.25) is 0 Å². The SMILES string of the molecule is CCN1C(=O)OCc2cnc(NC(C)c3ccc(C(O)CC4CC4)cc3)nc21. The van der Waals surface area contributed by atoms with E-state index < -0.39 is 0 Å². The Morgan fingerprint density at radius 3 is 2.68 bits per heavy atom. The Hall–Kier alpha value is -2.67. The van der Waals surface area contributed by atoms with Gasteiger partial charge in [-0.25, -0.2) is 9.78 Å². The van der Waals surface area contributed by atoms with Crippen LogP contribution in [0.3, 0.4) is 0 Å². The molecule has 7 heteroatoms. The van der Waals surface area contributed by atoms with E-state index in [0.717, 1.165) is 23.1 Å². The Morgan fingerprint density at radius 1 is 1.29 bits per heavy atom. The summed E-state index contributed by atoms with van der Waals surface area (Å²) in [5.74, 6) is 1.76. The Balaban J connectivity index is 1.45. The number of aliphatic hydroxyl groups is 1. The maximum atomic E-state index is 11.9. The molecule has 1 aromatic heterocycles. The molecule has 1 fully saturated rings. The first-order valence-electron chi connectivity index (χ1n) is 9.89. The van der Waals surface area contributed by atoms with Gasteiger partial charge in [0.15, 0.2) is 0 Å². The number of nitrogens with one attached hydrogen (secondary N) is 1. The monoisotopic (exact) mass is 382 g/mol. The third-order valence-electron chi connectivity index (χ3n) is 5.41. The number of carbonyl (C=O) groups excluding carboxylic acids is 1. The predicted octanol–water partition coefficient (Wildman–Crippen LogP) is 3.96. The summed E-state index contributed by atoms with van der Waals surface area (Å²) in [5, 5.41) is 13.6. The lowest BCUT2D eigenvalue weighted by Gasteiger charge is -2.27. The largest absolute Gasteiger partial charge is 0.444 e. The number of ether oxygens (including phenoxy) is 1. The number of benzene rings is 1. The van der Waals surface area contributed by atoms with Crippen LogP contribution in [0.4, 0.5) is 16.6 Å². The van der Waals surface area contributed by atoms with Crippen LogP contribution in [0, 0.1) is 5.92 Å². The van der Waals surface area contributed by atoms with Crippen molar-refractivity contribution in [3.8, 4) is 0 Å². The van der Waals surface area contributed by atoms with Gasteiger partial charge in [0.05, 0.1) is 17.7 Å². The zero-order valence-corrected chi connectivity index (χ0v) is 16.3. The molecule has 1 aromatic carbocycles. The number of hydrogen-bond donors (Lipinski definition) is 2. The number of anilines is 2. The summed E-state index contributed by atoms with van der Waals surface area (Å²) >= 11 is 0. The highest BCUT2D eigenvalue weighted by Gasteiger charge is 2.27. The summed E-state index contributed by atoms with van der Waals surface area (Å²) in [4.78, 5) is 22.3. The van der Waals surface area contributed by atoms with E-state index >= 15 is 0 Å². The van der Waals surface area contributed by atoms with Gasteiger partial charge in [0.1, 0.15) is 12.4 Å². The van der Waals surface area contributed by atoms with Crippen LogP contribution in [0.5, 0.6) is 0 Å². The summed E-state index contributed by atoms with van der Waals surface area (Å²) in [5.41, 5.74) is 2.84. The number of hydrogen-bond acceptors (Lipinski definition) is 6. The number of cyclic esters (lactones) is 1. The van der Waals surface area contributed by atoms with Gasteiger partial charge in [-0.05, 0) is 37.3 Å². The molecule has 2 unspecified atom stereocenters. The Labute approximate surface area is 164 Å². The summed E-state index contributed by atoms with van der Waals surface area (Å²) in [6.45, 7) is 4.60. The molecule has 4 rings (SSSR count). The lowest BCUT2D eigenvalue weighted by Crippen LogP contribution is -2.36. The highest BCUT2D eigenvalue weighted by molar-refractivity contribution is 5.89. The number of aromatic nitrogens is 2. The van der Waals surface area contributed by atoms with Crippen LogP contribution in [-0.2, 0) is 11.3 Å². The van der Waals surface area contributed by atoms with E-state index in [-0.39, 0.29) is 24.8 Å². The molecule has 28 heavy (non-hydrogen) atoms. The molecule has 0 bridgehead atoms. The van der Waals surface area contributed by atoms with E-state index in [1.807, 2.05) is 38.1 Å². The summed E-state index contributed by atoms with van der Waals surface area (Å²) in [6, 6.07) is 8.01. The molecule has 1 saturated carbocycles. The number of nitrogens with zero attached hydrogens (tertiary/aromatic N) is 3. The lowest BCUT2D eigenvalue weighted by molar-refractivity contribution is 0.141. The fourth-order valence-electron chi connectivity index (χ4n) is 3.47. The van der Waals surface area contributed by atoms with E-state index in [4.69, 9.17) is 4.74 Å². The van der Waals surface area contributed by atoms with Crippen molar-refractivity contribution in [2.24, 2.45) is 5.92 Å². The van der Waals surface area contributed by atoms with E-state index in [2.05, 4.69) is 15.3 Å². The van der Waals surface area contributed by atoms with Crippen LogP contribution in [-0.4, -0.2) is 27.7 Å². The average Bonchev–Trinajstić information content (AvgIpc) is 3.52. The molecule has 0 spiro atoms. The van der Waals surface area contributed by atoms with Gasteiger partial charge in [-0.15, -0.1) is 0 Å². The molecule has 1 amide bonds. The molecule has 1 aliphatic carbocycles. The molecule has 7 nitrogen and oxygen atoms in total. The van der Waals surface area contributed by atoms with Crippen LogP contribution >= 0.6 is 0 Å². The standard InChI is InChI=1S/C21H26N4O3/c1-3-25-19-17(12-28-21(25)27)11-22-20(24-19)23-13(2)15-6-8-16(9-7-15)18(26)10-14-4-5-14/h6-9,11,13-14,18,26H,3-5,10,12H2,1-2H3,(H,22,23,24). The van der Waals surface area contributed by atoms with Gasteiger partial charge >= 0.3 is 6.09 Å². The lowest BCUT2D eigenvalue weighted by atomic mass is 10.0. The molecule has 1 aliphatic heterocycles. The molecule has 0 radical (unpaired) electrons. The molecule has 2 aromatic rings. The Bertz CT molecular complexity index is 851. The van der Waals surface area contributed by atoms with Gasteiger partial charge in [-0.3, -0.25) is 4.90 Å². The van der Waals surface area contributed by atoms with Gasteiger partial charge in [-0.1, -0.05) is 37.1 Å². The minimum Gasteiger partial charge on any atom is -0.444 e. The summed E-state index contributed by atoms with van der Waals surface area (Å²) < 4.78 is 5.12. The zero-order chi connectivity index (χ0) is 19.7. The van der Waals surface area contributed by atoms with Crippen molar-refractivity contribution >= 4 is 17.9 Å². The maximum Gasteiger partial charge on any atom is 0.415 e. The molecule has 2 N–H and O–H groups in total. The van der Waals surface area contributed by atoms with Crippen LogP contribution < -0.4 is 10.2 Å². The van der Waals surface area contributed by atoms with Crippen LogP contribution in [0.15, 0.2) is 30.5 Å². The normalized spacial score (nSPS) is 18.2. The Morgan fingerprint density at radius 2 is 2.00 bits per heavy atom. The number of aliphatic hydroxyl groups excluding tert-OH is 1. The van der Waals surface area contributed by atoms with E-state index in [9.17, 15) is 9.90 Å². The third kappa shape index (κ3) is 3.94. The van der Waals surface area contributed by atoms with Crippen LogP contribution in [0.25, 0.3) is 0 Å². The quantitative estimate of drug-likeness (QED) is 0.754. The zero-order valence-electron chi connectivity index (χ0n) is 16.3. The molecular weight excluding hydrogens is 356 g/mol. The average molecular weight is 382 g/mol. The highest BCUT2D eigenvalue weighted by atomic mass is 16.6. The minimum atomic E-state index is -0.381. The van der Waals surface area contributed by atoms with Crippen molar-refractivity contribution in [1.29, 1.82) is 0 Å². The molecular formula is C21H26N4O3. The van der Waals surface area contributed by atoms with E-state index in [1.165, 1.54) is 17.7 Å². The first-order chi connectivity index (χ1) is 13.5. The fraction of sp³-hybridized carbons (Fsp3) is 0.476. The Kier molecular flexibility index (Phi) is 5.17. The molecule has 0 saturated heterocycles. The molecule has 148 valence electrons. The van der Waals surface area contributed by atoms with Gasteiger partial charge < -0.3 is 15.2 Å². The fourth-order valence-corrected chi connectivity index (χ4v) is 3.47.